The van der Waals surface area contributed by atoms with E-state index < -0.39 is 0 Å². The van der Waals surface area contributed by atoms with Crippen LogP contribution < -0.4 is 0 Å². The van der Waals surface area contributed by atoms with Crippen molar-refractivity contribution in [2.24, 2.45) is 0 Å². The molecule has 0 N–H and O–H groups in total. The van der Waals surface area contributed by atoms with Gasteiger partial charge < -0.3 is 4.90 Å². The van der Waals surface area contributed by atoms with Crippen LogP contribution in [0.15, 0.2) is 0 Å². The third-order valence-electron chi connectivity index (χ3n) is 3.75. The Hall–Kier alpha value is -0.0400. The van der Waals surface area contributed by atoms with Gasteiger partial charge in [-0.05, 0) is 45.2 Å². The number of hydrogen-bond donors (Lipinski definition) is 0. The van der Waals surface area contributed by atoms with Gasteiger partial charge in [-0.2, -0.15) is 0 Å². The molecule has 1 unspecified atom stereocenters. The van der Waals surface area contributed by atoms with Gasteiger partial charge in [0, 0.05) is 6.04 Å². The summed E-state index contributed by atoms with van der Waals surface area (Å²) in [5.41, 5.74) is 0. The summed E-state index contributed by atoms with van der Waals surface area (Å²) in [4.78, 5) is 2.75. The Bertz CT molecular complexity index is 141. The number of hydrogen-bond acceptors (Lipinski definition) is 1. The summed E-state index contributed by atoms with van der Waals surface area (Å²) < 4.78 is 0. The molecular weight excluding hydrogens is 170 g/mol. The van der Waals surface area contributed by atoms with Crippen molar-refractivity contribution in [2.75, 3.05) is 13.1 Å². The third kappa shape index (κ3) is 2.98. The van der Waals surface area contributed by atoms with Gasteiger partial charge in [0.15, 0.2) is 0 Å². The molecule has 1 atom stereocenters. The summed E-state index contributed by atoms with van der Waals surface area (Å²) in [6, 6.07) is 0.835. The van der Waals surface area contributed by atoms with Crippen LogP contribution in [-0.4, -0.2) is 24.0 Å². The zero-order chi connectivity index (χ0) is 9.64. The molecule has 0 bridgehead atoms. The van der Waals surface area contributed by atoms with Gasteiger partial charge in [-0.25, -0.2) is 0 Å². The van der Waals surface area contributed by atoms with Crippen molar-refractivity contribution in [3.8, 4) is 0 Å². The Kier molecular flexibility index (Phi) is 4.30. The molecule has 0 aromatic rings. The predicted molar refractivity (Wildman–Crippen MR) is 61.2 cm³/mol. The topological polar surface area (TPSA) is 3.24 Å². The first-order valence-corrected chi connectivity index (χ1v) is 6.54. The van der Waals surface area contributed by atoms with Gasteiger partial charge >= 0.3 is 0 Å². The highest BCUT2D eigenvalue weighted by Gasteiger charge is 2.20. The minimum Gasteiger partial charge on any atom is -0.300 e. The lowest BCUT2D eigenvalue weighted by atomic mass is 9.93. The molecule has 1 radical (unpaired) electrons. The second-order valence-electron chi connectivity index (χ2n) is 4.89. The molecule has 2 aliphatic rings. The first-order valence-electron chi connectivity index (χ1n) is 6.54. The van der Waals surface area contributed by atoms with Gasteiger partial charge in [0.25, 0.3) is 0 Å². The van der Waals surface area contributed by atoms with Crippen molar-refractivity contribution < 1.29 is 0 Å². The number of likely N-dealkylation sites (tertiary alicyclic amines) is 1. The van der Waals surface area contributed by atoms with Crippen LogP contribution in [0.1, 0.15) is 57.8 Å². The Labute approximate surface area is 88.9 Å². The van der Waals surface area contributed by atoms with E-state index in [-0.39, 0.29) is 0 Å². The van der Waals surface area contributed by atoms with E-state index >= 15 is 0 Å². The van der Waals surface area contributed by atoms with E-state index in [0.29, 0.717) is 0 Å². The summed E-state index contributed by atoms with van der Waals surface area (Å²) in [6.45, 7) is 2.72. The molecule has 2 fully saturated rings. The van der Waals surface area contributed by atoms with E-state index in [4.69, 9.17) is 0 Å². The molecule has 0 spiro atoms. The minimum atomic E-state index is 0.835. The van der Waals surface area contributed by atoms with Crippen molar-refractivity contribution >= 4 is 0 Å². The second kappa shape index (κ2) is 5.75. The zero-order valence-electron chi connectivity index (χ0n) is 9.38. The molecule has 0 aromatic heterocycles. The molecule has 2 rings (SSSR count). The van der Waals surface area contributed by atoms with E-state index in [1.807, 2.05) is 0 Å². The van der Waals surface area contributed by atoms with E-state index in [9.17, 15) is 0 Å². The van der Waals surface area contributed by atoms with Crippen LogP contribution in [0.3, 0.4) is 0 Å². The van der Waals surface area contributed by atoms with Crippen LogP contribution in [0.2, 0.25) is 0 Å². The van der Waals surface area contributed by atoms with Crippen LogP contribution in [0, 0.1) is 6.42 Å². The summed E-state index contributed by atoms with van der Waals surface area (Å²) in [5.74, 6) is 0. The molecule has 81 valence electrons. The molecular formula is C13H24N. The van der Waals surface area contributed by atoms with E-state index in [0.717, 1.165) is 6.04 Å². The second-order valence-corrected chi connectivity index (χ2v) is 4.89. The largest absolute Gasteiger partial charge is 0.300 e. The maximum atomic E-state index is 2.75. The first-order chi connectivity index (χ1) is 6.97. The molecule has 0 amide bonds. The van der Waals surface area contributed by atoms with Crippen molar-refractivity contribution in [3.63, 3.8) is 0 Å². The van der Waals surface area contributed by atoms with Crippen molar-refractivity contribution in [2.45, 2.75) is 63.8 Å². The van der Waals surface area contributed by atoms with E-state index in [1.165, 1.54) is 70.9 Å². The number of nitrogens with zero attached hydrogens (tertiary/aromatic N) is 1. The Morgan fingerprint density at radius 2 is 1.50 bits per heavy atom. The van der Waals surface area contributed by atoms with Crippen molar-refractivity contribution in [1.29, 1.82) is 0 Å². The molecule has 0 aromatic carbocycles. The quantitative estimate of drug-likeness (QED) is 0.618. The molecule has 1 aliphatic heterocycles. The average molecular weight is 194 g/mol. The van der Waals surface area contributed by atoms with Crippen LogP contribution in [0.4, 0.5) is 0 Å². The van der Waals surface area contributed by atoms with Gasteiger partial charge in [0.05, 0.1) is 0 Å². The average Bonchev–Trinajstić information content (AvgIpc) is 2.18. The number of rotatable bonds is 1. The molecule has 14 heavy (non-hydrogen) atoms. The SMILES string of the molecule is [CH]1CCCCC1N1CCCCCCC1. The van der Waals surface area contributed by atoms with Gasteiger partial charge in [-0.1, -0.05) is 32.1 Å². The summed E-state index contributed by atoms with van der Waals surface area (Å²) >= 11 is 0. The Balaban J connectivity index is 1.80. The fraction of sp³-hybridized carbons (Fsp3) is 0.923. The lowest BCUT2D eigenvalue weighted by Crippen LogP contribution is -2.39. The summed E-state index contributed by atoms with van der Waals surface area (Å²) in [5, 5.41) is 0. The fourth-order valence-corrected chi connectivity index (χ4v) is 2.86. The van der Waals surface area contributed by atoms with Crippen LogP contribution in [0.25, 0.3) is 0 Å². The summed E-state index contributed by atoms with van der Waals surface area (Å²) in [7, 11) is 0. The standard InChI is InChI=1S/C13H24N/c1-2-7-11-14(12-8-3-1)13-9-5-4-6-10-13/h9,13H,1-8,10-12H2. The van der Waals surface area contributed by atoms with Crippen LogP contribution in [-0.2, 0) is 0 Å². The predicted octanol–water partition coefficient (Wildman–Crippen LogP) is 3.40. The normalized spacial score (nSPS) is 28.3. The lowest BCUT2D eigenvalue weighted by molar-refractivity contribution is 0.175. The van der Waals surface area contributed by atoms with Crippen molar-refractivity contribution in [3.05, 3.63) is 6.42 Å². The molecule has 1 heterocycles. The van der Waals surface area contributed by atoms with Gasteiger partial charge in [-0.15, -0.1) is 0 Å². The minimum absolute atomic E-state index is 0.835. The summed E-state index contributed by atoms with van der Waals surface area (Å²) in [6.07, 6.45) is 15.5. The highest BCUT2D eigenvalue weighted by Crippen LogP contribution is 2.23. The van der Waals surface area contributed by atoms with Crippen molar-refractivity contribution in [1.82, 2.24) is 4.90 Å². The zero-order valence-corrected chi connectivity index (χ0v) is 9.38. The highest BCUT2D eigenvalue weighted by atomic mass is 15.1. The molecule has 1 saturated carbocycles. The van der Waals surface area contributed by atoms with Crippen LogP contribution >= 0.6 is 0 Å². The molecule has 1 aliphatic carbocycles. The van der Waals surface area contributed by atoms with Crippen LogP contribution in [0.5, 0.6) is 0 Å². The monoisotopic (exact) mass is 194 g/mol. The van der Waals surface area contributed by atoms with Gasteiger partial charge in [-0.3, -0.25) is 0 Å². The smallest absolute Gasteiger partial charge is 0.0127 e. The van der Waals surface area contributed by atoms with E-state index in [1.54, 1.807) is 0 Å². The maximum Gasteiger partial charge on any atom is 0.0127 e. The Morgan fingerprint density at radius 1 is 0.786 bits per heavy atom. The molecule has 1 heteroatoms. The fourth-order valence-electron chi connectivity index (χ4n) is 2.86. The highest BCUT2D eigenvalue weighted by molar-refractivity contribution is 4.89. The molecule has 1 nitrogen and oxygen atoms in total. The lowest BCUT2D eigenvalue weighted by Gasteiger charge is -2.35. The maximum absolute atomic E-state index is 2.75. The van der Waals surface area contributed by atoms with Gasteiger partial charge in [0.1, 0.15) is 0 Å². The molecule has 1 saturated heterocycles. The van der Waals surface area contributed by atoms with Gasteiger partial charge in [0.2, 0.25) is 0 Å². The van der Waals surface area contributed by atoms with E-state index in [2.05, 4.69) is 11.3 Å². The Morgan fingerprint density at radius 3 is 2.14 bits per heavy atom. The first kappa shape index (κ1) is 10.5. The third-order valence-corrected chi connectivity index (χ3v) is 3.75.